The minimum atomic E-state index is 0.346. The van der Waals surface area contributed by atoms with Crippen LogP contribution in [0.4, 0.5) is 0 Å². The highest BCUT2D eigenvalue weighted by Crippen LogP contribution is 2.43. The molecule has 0 aromatic carbocycles. The van der Waals surface area contributed by atoms with E-state index >= 15 is 0 Å². The lowest BCUT2D eigenvalue weighted by Crippen LogP contribution is -2.52. The predicted molar refractivity (Wildman–Crippen MR) is 169 cm³/mol. The van der Waals surface area contributed by atoms with Crippen LogP contribution in [-0.4, -0.2) is 54.3 Å². The average Bonchev–Trinajstić information content (AvgIpc) is 2.88. The third-order valence-electron chi connectivity index (χ3n) is 10.2. The summed E-state index contributed by atoms with van der Waals surface area (Å²) in [4.78, 5) is 2.77. The van der Waals surface area contributed by atoms with Gasteiger partial charge in [0, 0.05) is 36.3 Å². The fourth-order valence-electron chi connectivity index (χ4n) is 7.66. The largest absolute Gasteiger partial charge is 0.312 e. The first-order valence-corrected chi connectivity index (χ1v) is 17.3. The SMILES string of the molecule is CC1=CCC(SNCC2CCCC(CN[C@@H](CN3CC[C@H](C4=CCC(Cl)CC4)C(C)(C)C3)C(C)C)C2)CC1. The Labute approximate surface area is 244 Å². The van der Waals surface area contributed by atoms with Crippen molar-refractivity contribution in [3.63, 3.8) is 0 Å². The molecule has 0 radical (unpaired) electrons. The Bertz CT molecular complexity index is 793. The number of hydrogen-bond donors (Lipinski definition) is 2. The second kappa shape index (κ2) is 14.8. The number of likely N-dealkylation sites (tertiary alicyclic amines) is 1. The minimum Gasteiger partial charge on any atom is -0.312 e. The second-order valence-electron chi connectivity index (χ2n) is 14.3. The molecule has 1 saturated heterocycles. The molecule has 4 aliphatic rings. The van der Waals surface area contributed by atoms with E-state index < -0.39 is 0 Å². The molecular formula is C33H58ClN3S. The van der Waals surface area contributed by atoms with Crippen LogP contribution >= 0.6 is 23.5 Å². The van der Waals surface area contributed by atoms with Crippen molar-refractivity contribution in [1.82, 2.24) is 14.9 Å². The maximum atomic E-state index is 6.39. The highest BCUT2D eigenvalue weighted by molar-refractivity contribution is 7.98. The molecule has 3 nitrogen and oxygen atoms in total. The molecule has 1 aliphatic heterocycles. The first kappa shape index (κ1) is 30.9. The van der Waals surface area contributed by atoms with Gasteiger partial charge in [-0.15, -0.1) is 11.6 Å². The molecule has 4 unspecified atom stereocenters. The topological polar surface area (TPSA) is 27.3 Å². The van der Waals surface area contributed by atoms with Crippen molar-refractivity contribution >= 4 is 23.5 Å². The molecule has 5 heteroatoms. The maximum Gasteiger partial charge on any atom is 0.0373 e. The summed E-state index contributed by atoms with van der Waals surface area (Å²) in [5.74, 6) is 3.10. The highest BCUT2D eigenvalue weighted by atomic mass is 35.5. The highest BCUT2D eigenvalue weighted by Gasteiger charge is 2.39. The van der Waals surface area contributed by atoms with Gasteiger partial charge in [-0.1, -0.05) is 69.4 Å². The van der Waals surface area contributed by atoms with Gasteiger partial charge in [-0.25, -0.2) is 0 Å². The summed E-state index contributed by atoms with van der Waals surface area (Å²) in [5.41, 5.74) is 3.63. The van der Waals surface area contributed by atoms with Crippen molar-refractivity contribution in [1.29, 1.82) is 0 Å². The molecule has 0 spiro atoms. The Hall–Kier alpha value is -0.0000000000000000555. The summed E-state index contributed by atoms with van der Waals surface area (Å²) < 4.78 is 3.78. The van der Waals surface area contributed by atoms with Crippen LogP contribution in [0.5, 0.6) is 0 Å². The molecule has 0 amide bonds. The third kappa shape index (κ3) is 9.26. The van der Waals surface area contributed by atoms with Crippen molar-refractivity contribution in [2.24, 2.45) is 29.1 Å². The fourth-order valence-corrected chi connectivity index (χ4v) is 8.86. The maximum absolute atomic E-state index is 6.39. The lowest BCUT2D eigenvalue weighted by molar-refractivity contribution is 0.0590. The van der Waals surface area contributed by atoms with Crippen LogP contribution in [0.1, 0.15) is 105 Å². The van der Waals surface area contributed by atoms with Gasteiger partial charge in [0.05, 0.1) is 0 Å². The Morgan fingerprint density at radius 3 is 2.47 bits per heavy atom. The van der Waals surface area contributed by atoms with E-state index in [1.165, 1.54) is 90.5 Å². The smallest absolute Gasteiger partial charge is 0.0373 e. The zero-order valence-corrected chi connectivity index (χ0v) is 26.8. The van der Waals surface area contributed by atoms with Crippen LogP contribution < -0.4 is 10.0 Å². The molecule has 1 heterocycles. The Morgan fingerprint density at radius 2 is 1.82 bits per heavy atom. The van der Waals surface area contributed by atoms with E-state index in [-0.39, 0.29) is 0 Å². The van der Waals surface area contributed by atoms with E-state index in [1.54, 1.807) is 11.1 Å². The van der Waals surface area contributed by atoms with Gasteiger partial charge >= 0.3 is 0 Å². The van der Waals surface area contributed by atoms with Crippen molar-refractivity contribution in [3.05, 3.63) is 23.3 Å². The molecule has 0 aromatic heterocycles. The molecule has 6 atom stereocenters. The number of allylic oxidation sites excluding steroid dienone is 4. The number of hydrogen-bond acceptors (Lipinski definition) is 4. The van der Waals surface area contributed by atoms with Gasteiger partial charge in [0.15, 0.2) is 0 Å². The molecule has 0 bridgehead atoms. The zero-order chi connectivity index (χ0) is 27.1. The van der Waals surface area contributed by atoms with Crippen molar-refractivity contribution < 1.29 is 0 Å². The average molecular weight is 564 g/mol. The Balaban J connectivity index is 1.19. The van der Waals surface area contributed by atoms with E-state index in [4.69, 9.17) is 11.6 Å². The number of piperidine rings is 1. The van der Waals surface area contributed by atoms with Gasteiger partial charge in [-0.3, -0.25) is 4.72 Å². The molecule has 2 fully saturated rings. The molecule has 4 rings (SSSR count). The van der Waals surface area contributed by atoms with E-state index in [0.717, 1.165) is 35.8 Å². The lowest BCUT2D eigenvalue weighted by atomic mass is 9.68. The van der Waals surface area contributed by atoms with E-state index in [2.05, 4.69) is 61.7 Å². The fraction of sp³-hybridized carbons (Fsp3) is 0.879. The molecule has 1 saturated carbocycles. The van der Waals surface area contributed by atoms with Gasteiger partial charge in [-0.05, 0) is 113 Å². The van der Waals surface area contributed by atoms with Crippen molar-refractivity contribution in [3.8, 4) is 0 Å². The molecule has 218 valence electrons. The van der Waals surface area contributed by atoms with Crippen LogP contribution in [0.15, 0.2) is 23.3 Å². The number of halogens is 1. The number of nitrogens with one attached hydrogen (secondary N) is 2. The predicted octanol–water partition coefficient (Wildman–Crippen LogP) is 8.21. The van der Waals surface area contributed by atoms with Gasteiger partial charge in [0.2, 0.25) is 0 Å². The van der Waals surface area contributed by atoms with E-state index in [9.17, 15) is 0 Å². The Morgan fingerprint density at radius 1 is 1.03 bits per heavy atom. The van der Waals surface area contributed by atoms with Gasteiger partial charge in [0.25, 0.3) is 0 Å². The summed E-state index contributed by atoms with van der Waals surface area (Å²) in [6.07, 6.45) is 19.2. The van der Waals surface area contributed by atoms with Crippen molar-refractivity contribution in [2.75, 3.05) is 32.7 Å². The molecular weight excluding hydrogens is 506 g/mol. The van der Waals surface area contributed by atoms with Crippen LogP contribution in [0.25, 0.3) is 0 Å². The van der Waals surface area contributed by atoms with E-state index in [1.807, 2.05) is 11.9 Å². The summed E-state index contributed by atoms with van der Waals surface area (Å²) in [5, 5.41) is 5.21. The molecule has 2 N–H and O–H groups in total. The first-order valence-electron chi connectivity index (χ1n) is 16.0. The lowest BCUT2D eigenvalue weighted by Gasteiger charge is -2.47. The standard InChI is InChI=1S/C33H58ClN3S/c1-24(2)32(22-37-18-17-31(33(4,5)23-37)28-11-13-29(34)14-12-28)35-20-26-7-6-8-27(19-26)21-36-38-30-15-9-25(3)10-16-30/h9,11,24,26-27,29-32,35-36H,6-8,10,12-23H2,1-5H3/t26?,27?,29?,30?,31-,32+/m1/s1. The van der Waals surface area contributed by atoms with Crippen LogP contribution in [-0.2, 0) is 0 Å². The van der Waals surface area contributed by atoms with Crippen LogP contribution in [0.3, 0.4) is 0 Å². The Kier molecular flexibility index (Phi) is 12.0. The van der Waals surface area contributed by atoms with Crippen molar-refractivity contribution in [2.45, 2.75) is 122 Å². The van der Waals surface area contributed by atoms with Gasteiger partial charge < -0.3 is 10.2 Å². The summed E-state index contributed by atoms with van der Waals surface area (Å²) >= 11 is 8.41. The third-order valence-corrected chi connectivity index (χ3v) is 11.7. The molecule has 3 aliphatic carbocycles. The zero-order valence-electron chi connectivity index (χ0n) is 25.2. The quantitative estimate of drug-likeness (QED) is 0.150. The summed E-state index contributed by atoms with van der Waals surface area (Å²) in [6, 6.07) is 0.588. The number of alkyl halides is 1. The minimum absolute atomic E-state index is 0.346. The van der Waals surface area contributed by atoms with Gasteiger partial charge in [-0.2, -0.15) is 0 Å². The van der Waals surface area contributed by atoms with E-state index in [0.29, 0.717) is 22.8 Å². The molecule has 38 heavy (non-hydrogen) atoms. The first-order chi connectivity index (χ1) is 18.2. The second-order valence-corrected chi connectivity index (χ2v) is 16.1. The normalized spacial score (nSPS) is 33.6. The van der Waals surface area contributed by atoms with Gasteiger partial charge in [0.1, 0.15) is 0 Å². The number of rotatable bonds is 11. The number of nitrogens with zero attached hydrogens (tertiary/aromatic N) is 1. The molecule has 0 aromatic rings. The summed E-state index contributed by atoms with van der Waals surface area (Å²) in [6.45, 7) is 18.2. The monoisotopic (exact) mass is 563 g/mol. The van der Waals surface area contributed by atoms with Crippen LogP contribution in [0, 0.1) is 29.1 Å². The summed E-state index contributed by atoms with van der Waals surface area (Å²) in [7, 11) is 0. The van der Waals surface area contributed by atoms with Crippen LogP contribution in [0.2, 0.25) is 0 Å².